The lowest BCUT2D eigenvalue weighted by molar-refractivity contribution is 0.00578. The van der Waals surface area contributed by atoms with Gasteiger partial charge in [-0.3, -0.25) is 4.21 Å². The van der Waals surface area contributed by atoms with Gasteiger partial charge in [0.1, 0.15) is 5.60 Å². The van der Waals surface area contributed by atoms with Crippen molar-refractivity contribution in [2.24, 2.45) is 0 Å². The first kappa shape index (κ1) is 21.3. The molecule has 1 amide bonds. The van der Waals surface area contributed by atoms with Crippen molar-refractivity contribution in [2.45, 2.75) is 75.4 Å². The fourth-order valence-electron chi connectivity index (χ4n) is 2.98. The lowest BCUT2D eigenvalue weighted by Crippen LogP contribution is -2.56. The first-order valence-corrected chi connectivity index (χ1v) is 10.8. The third-order valence-corrected chi connectivity index (χ3v) is 7.08. The van der Waals surface area contributed by atoms with Crippen molar-refractivity contribution in [1.29, 1.82) is 0 Å². The van der Waals surface area contributed by atoms with Crippen LogP contribution in [-0.4, -0.2) is 57.5 Å². The normalized spacial score (nSPS) is 22.7. The van der Waals surface area contributed by atoms with Gasteiger partial charge in [0, 0.05) is 18.0 Å². The maximum Gasteiger partial charge on any atom is 0.494 e. The molecular weight excluding hydrogens is 377 g/mol. The lowest BCUT2D eigenvalue weighted by Gasteiger charge is -2.39. The quantitative estimate of drug-likeness (QED) is 0.721. The van der Waals surface area contributed by atoms with Crippen molar-refractivity contribution >= 4 is 29.5 Å². The number of ether oxygens (including phenoxy) is 1. The van der Waals surface area contributed by atoms with Crippen molar-refractivity contribution in [1.82, 2.24) is 4.90 Å². The summed E-state index contributed by atoms with van der Waals surface area (Å²) in [5, 5.41) is -0.0739. The molecule has 8 heteroatoms. The van der Waals surface area contributed by atoms with Gasteiger partial charge in [-0.15, -0.1) is 0 Å². The molecule has 0 N–H and O–H groups in total. The molecule has 2 heterocycles. The summed E-state index contributed by atoms with van der Waals surface area (Å²) in [6, 6.07) is 7.51. The highest BCUT2D eigenvalue weighted by atomic mass is 32.2. The summed E-state index contributed by atoms with van der Waals surface area (Å²) in [5.41, 5.74) is -0.403. The van der Waals surface area contributed by atoms with Gasteiger partial charge in [-0.1, -0.05) is 12.1 Å². The molecule has 6 nitrogen and oxygen atoms in total. The van der Waals surface area contributed by atoms with Crippen molar-refractivity contribution in [3.63, 3.8) is 0 Å². The van der Waals surface area contributed by atoms with E-state index in [0.29, 0.717) is 13.1 Å². The summed E-state index contributed by atoms with van der Waals surface area (Å²) in [6.45, 7) is 14.5. The van der Waals surface area contributed by atoms with E-state index >= 15 is 0 Å². The Balaban J connectivity index is 1.58. The molecule has 1 atom stereocenters. The Hall–Kier alpha value is -1.38. The van der Waals surface area contributed by atoms with E-state index in [2.05, 4.69) is 0 Å². The van der Waals surface area contributed by atoms with Crippen LogP contribution in [0, 0.1) is 0 Å². The molecule has 0 saturated carbocycles. The summed E-state index contributed by atoms with van der Waals surface area (Å²) in [5.74, 6) is 0. The van der Waals surface area contributed by atoms with Crippen molar-refractivity contribution in [2.75, 3.05) is 13.1 Å². The Morgan fingerprint density at radius 2 is 1.61 bits per heavy atom. The van der Waals surface area contributed by atoms with Crippen LogP contribution in [0.15, 0.2) is 29.2 Å². The average molecular weight is 407 g/mol. The average Bonchev–Trinajstić information content (AvgIpc) is 2.72. The number of hydrogen-bond donors (Lipinski definition) is 0. The Morgan fingerprint density at radius 1 is 1.11 bits per heavy atom. The van der Waals surface area contributed by atoms with Crippen LogP contribution in [0.4, 0.5) is 4.79 Å². The fraction of sp³-hybridized carbons (Fsp3) is 0.650. The van der Waals surface area contributed by atoms with Crippen LogP contribution in [0.5, 0.6) is 0 Å². The number of hydrogen-bond acceptors (Lipinski definition) is 5. The van der Waals surface area contributed by atoms with Crippen LogP contribution in [0.2, 0.25) is 0 Å². The van der Waals surface area contributed by atoms with Gasteiger partial charge in [-0.25, -0.2) is 4.79 Å². The third kappa shape index (κ3) is 4.29. The van der Waals surface area contributed by atoms with Gasteiger partial charge < -0.3 is 18.9 Å². The molecule has 2 fully saturated rings. The molecule has 2 saturated heterocycles. The van der Waals surface area contributed by atoms with Crippen LogP contribution in [-0.2, 0) is 24.8 Å². The topological polar surface area (TPSA) is 65.1 Å². The molecule has 0 spiro atoms. The Morgan fingerprint density at radius 3 is 2.07 bits per heavy atom. The highest BCUT2D eigenvalue weighted by Crippen LogP contribution is 2.36. The van der Waals surface area contributed by atoms with Crippen molar-refractivity contribution < 1.29 is 23.0 Å². The molecule has 0 bridgehead atoms. The molecule has 0 radical (unpaired) electrons. The number of carbonyl (C=O) groups is 1. The Kier molecular flexibility index (Phi) is 5.45. The van der Waals surface area contributed by atoms with Gasteiger partial charge in [0.15, 0.2) is 0 Å². The minimum Gasteiger partial charge on any atom is -0.444 e. The van der Waals surface area contributed by atoms with E-state index < -0.39 is 34.7 Å². The molecule has 28 heavy (non-hydrogen) atoms. The second-order valence-corrected chi connectivity index (χ2v) is 11.2. The van der Waals surface area contributed by atoms with E-state index in [1.165, 1.54) is 0 Å². The molecule has 2 aliphatic heterocycles. The largest absolute Gasteiger partial charge is 0.494 e. The van der Waals surface area contributed by atoms with E-state index in [0.717, 1.165) is 10.4 Å². The molecule has 154 valence electrons. The number of benzene rings is 1. The number of likely N-dealkylation sites (tertiary alicyclic amines) is 1. The van der Waals surface area contributed by atoms with Crippen molar-refractivity contribution in [3.05, 3.63) is 24.3 Å². The van der Waals surface area contributed by atoms with E-state index in [1.54, 1.807) is 4.90 Å². The first-order chi connectivity index (χ1) is 12.8. The highest BCUT2D eigenvalue weighted by Gasteiger charge is 2.51. The molecule has 0 aromatic heterocycles. The van der Waals surface area contributed by atoms with Crippen LogP contribution in [0.1, 0.15) is 48.5 Å². The molecule has 1 aromatic carbocycles. The predicted octanol–water partition coefficient (Wildman–Crippen LogP) is 2.71. The molecule has 3 rings (SSSR count). The summed E-state index contributed by atoms with van der Waals surface area (Å²) in [7, 11) is -1.60. The zero-order valence-electron chi connectivity index (χ0n) is 17.8. The smallest absolute Gasteiger partial charge is 0.444 e. The second kappa shape index (κ2) is 7.15. The highest BCUT2D eigenvalue weighted by molar-refractivity contribution is 7.85. The summed E-state index contributed by atoms with van der Waals surface area (Å²) in [4.78, 5) is 14.4. The Bertz CT molecular complexity index is 750. The minimum atomic E-state index is -1.17. The molecular formula is C20H30BNO5S. The lowest BCUT2D eigenvalue weighted by atomic mass is 9.79. The standard InChI is InChI=1S/C20H30BNO5S/c1-18(2,3)25-17(23)22-12-16(13-22)28(24)15-10-8-14(9-11-15)21-26-19(4,5)20(6,7)27-21/h8-11,16H,12-13H2,1-7H3. The monoisotopic (exact) mass is 407 g/mol. The maximum atomic E-state index is 12.8. The van der Waals surface area contributed by atoms with Gasteiger partial charge in [0.05, 0.1) is 27.3 Å². The summed E-state index contributed by atoms with van der Waals surface area (Å²) < 4.78 is 30.2. The fourth-order valence-corrected chi connectivity index (χ4v) is 4.40. The van der Waals surface area contributed by atoms with Gasteiger partial charge in [0.2, 0.25) is 0 Å². The first-order valence-electron chi connectivity index (χ1n) is 9.63. The molecule has 1 unspecified atom stereocenters. The Labute approximate surface area is 170 Å². The SMILES string of the molecule is CC(C)(C)OC(=O)N1CC(S(=O)c2ccc(B3OC(C)(C)C(C)(C)O3)cc2)C1. The third-order valence-electron chi connectivity index (χ3n) is 5.44. The van der Waals surface area contributed by atoms with E-state index in [9.17, 15) is 9.00 Å². The van der Waals surface area contributed by atoms with Crippen molar-refractivity contribution in [3.8, 4) is 0 Å². The summed E-state index contributed by atoms with van der Waals surface area (Å²) >= 11 is 0. The molecule has 1 aromatic rings. The van der Waals surface area contributed by atoms with Gasteiger partial charge in [-0.2, -0.15) is 0 Å². The van der Waals surface area contributed by atoms with E-state index in [4.69, 9.17) is 14.0 Å². The maximum absolute atomic E-state index is 12.8. The minimum absolute atomic E-state index is 0.0739. The van der Waals surface area contributed by atoms with Gasteiger partial charge in [0.25, 0.3) is 0 Å². The zero-order chi connectivity index (χ0) is 20.9. The molecule has 0 aliphatic carbocycles. The molecule has 2 aliphatic rings. The van der Waals surface area contributed by atoms with E-state index in [-0.39, 0.29) is 11.3 Å². The van der Waals surface area contributed by atoms with Gasteiger partial charge >= 0.3 is 13.2 Å². The van der Waals surface area contributed by atoms with E-state index in [1.807, 2.05) is 72.7 Å². The summed E-state index contributed by atoms with van der Waals surface area (Å²) in [6.07, 6.45) is -0.350. The second-order valence-electron chi connectivity index (χ2n) is 9.46. The van der Waals surface area contributed by atoms with Crippen LogP contribution in [0.25, 0.3) is 0 Å². The number of nitrogens with zero attached hydrogens (tertiary/aromatic N) is 1. The van der Waals surface area contributed by atoms with Crippen LogP contribution < -0.4 is 5.46 Å². The van der Waals surface area contributed by atoms with Gasteiger partial charge in [-0.05, 0) is 66.1 Å². The predicted molar refractivity (Wildman–Crippen MR) is 110 cm³/mol. The van der Waals surface area contributed by atoms with Crippen LogP contribution >= 0.6 is 0 Å². The number of carbonyl (C=O) groups excluding carboxylic acids is 1. The van der Waals surface area contributed by atoms with Crippen LogP contribution in [0.3, 0.4) is 0 Å². The number of rotatable bonds is 3. The zero-order valence-corrected chi connectivity index (χ0v) is 18.6. The number of amides is 1.